The minimum absolute atomic E-state index is 0.264. The molecule has 0 atom stereocenters. The normalized spacial score (nSPS) is 16.5. The van der Waals surface area contributed by atoms with Crippen LogP contribution in [-0.2, 0) is 0 Å². The molecular weight excluding hydrogens is 223 g/mol. The summed E-state index contributed by atoms with van der Waals surface area (Å²) in [5.74, 6) is -0.393. The Morgan fingerprint density at radius 1 is 1.42 bits per heavy atom. The van der Waals surface area contributed by atoms with E-state index in [1.54, 1.807) is 12.1 Å². The van der Waals surface area contributed by atoms with Gasteiger partial charge in [-0.25, -0.2) is 4.39 Å². The van der Waals surface area contributed by atoms with Crippen molar-refractivity contribution in [3.8, 4) is 5.75 Å². The number of hydrogen-bond donors (Lipinski definition) is 1. The second-order valence-corrected chi connectivity index (χ2v) is 3.93. The standard InChI is InChI=1S/C9H8BrFO/c10-7-4-3-6(5-1-2-5)8(11)9(7)12/h3-5,12H,1-2H2. The van der Waals surface area contributed by atoms with Crippen molar-refractivity contribution in [2.24, 2.45) is 0 Å². The molecule has 0 amide bonds. The van der Waals surface area contributed by atoms with E-state index in [0.717, 1.165) is 12.8 Å². The van der Waals surface area contributed by atoms with Crippen molar-refractivity contribution in [3.05, 3.63) is 28.0 Å². The highest BCUT2D eigenvalue weighted by Crippen LogP contribution is 2.44. The third-order valence-electron chi connectivity index (χ3n) is 2.11. The van der Waals surface area contributed by atoms with Crippen molar-refractivity contribution < 1.29 is 9.50 Å². The second-order valence-electron chi connectivity index (χ2n) is 3.07. The molecule has 1 aliphatic rings. The van der Waals surface area contributed by atoms with Gasteiger partial charge in [-0.05, 0) is 46.3 Å². The third kappa shape index (κ3) is 1.22. The van der Waals surface area contributed by atoms with Gasteiger partial charge < -0.3 is 5.11 Å². The van der Waals surface area contributed by atoms with Gasteiger partial charge in [-0.3, -0.25) is 0 Å². The van der Waals surface area contributed by atoms with E-state index in [2.05, 4.69) is 15.9 Å². The predicted molar refractivity (Wildman–Crippen MR) is 47.7 cm³/mol. The van der Waals surface area contributed by atoms with Crippen LogP contribution in [0.1, 0.15) is 24.3 Å². The highest BCUT2D eigenvalue weighted by molar-refractivity contribution is 9.10. The Kier molecular flexibility index (Phi) is 1.83. The molecule has 0 spiro atoms. The van der Waals surface area contributed by atoms with Crippen molar-refractivity contribution in [2.75, 3.05) is 0 Å². The first-order chi connectivity index (χ1) is 5.70. The molecule has 1 saturated carbocycles. The Morgan fingerprint density at radius 2 is 2.08 bits per heavy atom. The van der Waals surface area contributed by atoms with Gasteiger partial charge in [0.2, 0.25) is 0 Å². The Morgan fingerprint density at radius 3 is 2.67 bits per heavy atom. The van der Waals surface area contributed by atoms with E-state index in [1.807, 2.05) is 0 Å². The van der Waals surface area contributed by atoms with E-state index in [1.165, 1.54) is 0 Å². The average molecular weight is 231 g/mol. The molecular formula is C9H8BrFO. The summed E-state index contributed by atoms with van der Waals surface area (Å²) in [4.78, 5) is 0. The van der Waals surface area contributed by atoms with E-state index < -0.39 is 5.82 Å². The van der Waals surface area contributed by atoms with Crippen LogP contribution in [0.4, 0.5) is 4.39 Å². The van der Waals surface area contributed by atoms with Crippen molar-refractivity contribution in [1.82, 2.24) is 0 Å². The van der Waals surface area contributed by atoms with Crippen molar-refractivity contribution >= 4 is 15.9 Å². The molecule has 0 bridgehead atoms. The maximum atomic E-state index is 13.3. The zero-order valence-corrected chi connectivity index (χ0v) is 7.94. The Bertz CT molecular complexity index is 321. The lowest BCUT2D eigenvalue weighted by atomic mass is 10.1. The molecule has 1 N–H and O–H groups in total. The molecule has 2 rings (SSSR count). The molecule has 0 aliphatic heterocycles. The Labute approximate surface area is 78.3 Å². The van der Waals surface area contributed by atoms with Crippen LogP contribution in [0.15, 0.2) is 16.6 Å². The molecule has 3 heteroatoms. The lowest BCUT2D eigenvalue weighted by Gasteiger charge is -2.03. The summed E-state index contributed by atoms with van der Waals surface area (Å²) >= 11 is 3.06. The van der Waals surface area contributed by atoms with Crippen LogP contribution in [0.3, 0.4) is 0 Å². The number of hydrogen-bond acceptors (Lipinski definition) is 1. The van der Waals surface area contributed by atoms with Gasteiger partial charge in [-0.1, -0.05) is 6.07 Å². The van der Waals surface area contributed by atoms with Crippen LogP contribution in [0.5, 0.6) is 5.75 Å². The molecule has 64 valence electrons. The fraction of sp³-hybridized carbons (Fsp3) is 0.333. The Balaban J connectivity index is 2.49. The molecule has 12 heavy (non-hydrogen) atoms. The largest absolute Gasteiger partial charge is 0.504 e. The van der Waals surface area contributed by atoms with Crippen LogP contribution in [0, 0.1) is 5.82 Å². The zero-order valence-electron chi connectivity index (χ0n) is 6.35. The van der Waals surface area contributed by atoms with Gasteiger partial charge in [0.15, 0.2) is 11.6 Å². The molecule has 0 unspecified atom stereocenters. The predicted octanol–water partition coefficient (Wildman–Crippen LogP) is 3.17. The first-order valence-electron chi connectivity index (χ1n) is 3.87. The van der Waals surface area contributed by atoms with Gasteiger partial charge in [-0.2, -0.15) is 0 Å². The highest BCUT2D eigenvalue weighted by Gasteiger charge is 2.28. The molecule has 0 heterocycles. The fourth-order valence-electron chi connectivity index (χ4n) is 1.27. The molecule has 1 fully saturated rings. The molecule has 1 aliphatic carbocycles. The summed E-state index contributed by atoms with van der Waals surface area (Å²) in [7, 11) is 0. The third-order valence-corrected chi connectivity index (χ3v) is 2.75. The van der Waals surface area contributed by atoms with E-state index in [-0.39, 0.29) is 5.75 Å². The summed E-state index contributed by atoms with van der Waals surface area (Å²) in [6.45, 7) is 0. The topological polar surface area (TPSA) is 20.2 Å². The fourth-order valence-corrected chi connectivity index (χ4v) is 1.57. The minimum Gasteiger partial charge on any atom is -0.504 e. The SMILES string of the molecule is Oc1c(Br)ccc(C2CC2)c1F. The van der Waals surface area contributed by atoms with Gasteiger partial charge in [0.05, 0.1) is 4.47 Å². The van der Waals surface area contributed by atoms with E-state index >= 15 is 0 Å². The first kappa shape index (κ1) is 8.05. The molecule has 0 radical (unpaired) electrons. The van der Waals surface area contributed by atoms with Gasteiger partial charge in [0.1, 0.15) is 0 Å². The number of rotatable bonds is 1. The zero-order chi connectivity index (χ0) is 8.72. The highest BCUT2D eigenvalue weighted by atomic mass is 79.9. The van der Waals surface area contributed by atoms with E-state index in [4.69, 9.17) is 0 Å². The maximum absolute atomic E-state index is 13.3. The van der Waals surface area contributed by atoms with Crippen molar-refractivity contribution in [3.63, 3.8) is 0 Å². The number of halogens is 2. The number of aromatic hydroxyl groups is 1. The number of phenols is 1. The average Bonchev–Trinajstić information content (AvgIpc) is 2.84. The summed E-state index contributed by atoms with van der Waals surface area (Å²) in [5, 5.41) is 9.24. The molecule has 1 aromatic carbocycles. The van der Waals surface area contributed by atoms with Crippen LogP contribution in [0.25, 0.3) is 0 Å². The van der Waals surface area contributed by atoms with Gasteiger partial charge >= 0.3 is 0 Å². The summed E-state index contributed by atoms with van der Waals surface area (Å²) in [5.41, 5.74) is 0.649. The van der Waals surface area contributed by atoms with Gasteiger partial charge in [0.25, 0.3) is 0 Å². The second kappa shape index (κ2) is 2.73. The summed E-state index contributed by atoms with van der Waals surface area (Å²) < 4.78 is 13.7. The van der Waals surface area contributed by atoms with E-state index in [0.29, 0.717) is 16.0 Å². The monoisotopic (exact) mass is 230 g/mol. The lowest BCUT2D eigenvalue weighted by molar-refractivity contribution is 0.425. The number of phenolic OH excluding ortho intramolecular Hbond substituents is 1. The molecule has 1 aromatic rings. The van der Waals surface area contributed by atoms with E-state index in [9.17, 15) is 9.50 Å². The lowest BCUT2D eigenvalue weighted by Crippen LogP contribution is -1.87. The molecule has 0 aromatic heterocycles. The Hall–Kier alpha value is -0.570. The van der Waals surface area contributed by atoms with Crippen LogP contribution in [-0.4, -0.2) is 5.11 Å². The van der Waals surface area contributed by atoms with Crippen LogP contribution in [0.2, 0.25) is 0 Å². The smallest absolute Gasteiger partial charge is 0.169 e. The molecule has 0 saturated heterocycles. The van der Waals surface area contributed by atoms with Gasteiger partial charge in [0, 0.05) is 0 Å². The first-order valence-corrected chi connectivity index (χ1v) is 4.66. The quantitative estimate of drug-likeness (QED) is 0.786. The van der Waals surface area contributed by atoms with Crippen LogP contribution < -0.4 is 0 Å². The van der Waals surface area contributed by atoms with Crippen LogP contribution >= 0.6 is 15.9 Å². The van der Waals surface area contributed by atoms with Crippen molar-refractivity contribution in [2.45, 2.75) is 18.8 Å². The summed E-state index contributed by atoms with van der Waals surface area (Å²) in [6.07, 6.45) is 2.08. The van der Waals surface area contributed by atoms with Gasteiger partial charge in [-0.15, -0.1) is 0 Å². The maximum Gasteiger partial charge on any atom is 0.169 e. The van der Waals surface area contributed by atoms with Crippen molar-refractivity contribution in [1.29, 1.82) is 0 Å². The summed E-state index contributed by atoms with van der Waals surface area (Å²) in [6, 6.07) is 3.42. The molecule has 1 nitrogen and oxygen atoms in total. The number of benzene rings is 1. The minimum atomic E-state index is -0.466.